The van der Waals surface area contributed by atoms with Gasteiger partial charge >= 0.3 is 0 Å². The Bertz CT molecular complexity index is 1200. The summed E-state index contributed by atoms with van der Waals surface area (Å²) in [6.45, 7) is 3.53. The molecule has 1 aromatic carbocycles. The van der Waals surface area contributed by atoms with Gasteiger partial charge in [0.25, 0.3) is 15.7 Å². The summed E-state index contributed by atoms with van der Waals surface area (Å²) >= 11 is 1.23. The predicted octanol–water partition coefficient (Wildman–Crippen LogP) is 1.98. The molecule has 0 radical (unpaired) electrons. The molecule has 0 bridgehead atoms. The van der Waals surface area contributed by atoms with Gasteiger partial charge in [0.05, 0.1) is 27.6 Å². The first-order valence-electron chi connectivity index (χ1n) is 8.89. The van der Waals surface area contributed by atoms with Crippen LogP contribution in [0, 0.1) is 10.1 Å². The molecule has 2 unspecified atom stereocenters. The third-order valence-electron chi connectivity index (χ3n) is 4.49. The maximum absolute atomic E-state index is 13.5. The van der Waals surface area contributed by atoms with Crippen molar-refractivity contribution < 1.29 is 22.6 Å². The van der Waals surface area contributed by atoms with E-state index in [1.807, 2.05) is 0 Å². The Morgan fingerprint density at radius 3 is 2.97 bits per heavy atom. The van der Waals surface area contributed by atoms with Crippen molar-refractivity contribution in [3.8, 4) is 0 Å². The number of benzene rings is 1. The number of thiazole rings is 1. The van der Waals surface area contributed by atoms with Crippen LogP contribution >= 0.6 is 11.3 Å². The van der Waals surface area contributed by atoms with Gasteiger partial charge in [-0.25, -0.2) is 13.4 Å². The second-order valence-electron chi connectivity index (χ2n) is 6.31. The van der Waals surface area contributed by atoms with Crippen molar-refractivity contribution in [3.63, 3.8) is 0 Å². The molecule has 3 aromatic rings. The first kappa shape index (κ1) is 21.2. The molecule has 3 heterocycles. The highest BCUT2D eigenvalue weighted by Crippen LogP contribution is 2.40. The number of nitro groups is 1. The first-order chi connectivity index (χ1) is 14.9. The number of nitro benzene ring substituents is 1. The van der Waals surface area contributed by atoms with Crippen LogP contribution in [0.1, 0.15) is 28.5 Å². The van der Waals surface area contributed by atoms with Crippen LogP contribution in [0.25, 0.3) is 0 Å². The number of hydrogen-bond donors (Lipinski definition) is 1. The number of rotatable bonds is 8. The number of aromatic nitrogens is 3. The molecule has 1 N–H and O–H groups in total. The van der Waals surface area contributed by atoms with E-state index in [2.05, 4.69) is 27.1 Å². The Hall–Kier alpha value is -3.04. The summed E-state index contributed by atoms with van der Waals surface area (Å²) in [7, 11) is -4.43. The van der Waals surface area contributed by atoms with Gasteiger partial charge in [0.2, 0.25) is 12.3 Å². The number of nitrogens with zero attached hydrogens (tertiary/aromatic N) is 5. The van der Waals surface area contributed by atoms with Gasteiger partial charge in [-0.05, 0) is 6.07 Å². The topological polar surface area (TPSA) is 154 Å². The minimum absolute atomic E-state index is 0.110. The van der Waals surface area contributed by atoms with Crippen molar-refractivity contribution >= 4 is 27.0 Å². The predicted molar refractivity (Wildman–Crippen MR) is 107 cm³/mol. The molecule has 2 aromatic heterocycles. The molecular formula is C17H16N6O6S2. The second-order valence-corrected chi connectivity index (χ2v) is 8.94. The fourth-order valence-electron chi connectivity index (χ4n) is 3.21. The molecular weight excluding hydrogens is 448 g/mol. The van der Waals surface area contributed by atoms with Crippen LogP contribution in [0.2, 0.25) is 0 Å². The van der Waals surface area contributed by atoms with Gasteiger partial charge in [-0.2, -0.15) is 0 Å². The SMILES string of the molecule is C=CCON(C1CNC(c2nnco2)c2ncsc21)S(=O)(=O)c1ccccc1[N+](=O)[O-]. The van der Waals surface area contributed by atoms with E-state index in [9.17, 15) is 18.5 Å². The zero-order valence-corrected chi connectivity index (χ0v) is 17.5. The highest BCUT2D eigenvalue weighted by atomic mass is 32.2. The molecule has 2 atom stereocenters. The Morgan fingerprint density at radius 1 is 1.45 bits per heavy atom. The van der Waals surface area contributed by atoms with Crippen molar-refractivity contribution in [2.24, 2.45) is 0 Å². The smallest absolute Gasteiger partial charge is 0.289 e. The first-order valence-corrected chi connectivity index (χ1v) is 11.2. The Kier molecular flexibility index (Phi) is 5.88. The molecule has 14 heteroatoms. The molecule has 162 valence electrons. The van der Waals surface area contributed by atoms with Crippen molar-refractivity contribution in [2.45, 2.75) is 17.0 Å². The minimum atomic E-state index is -4.43. The van der Waals surface area contributed by atoms with E-state index in [1.54, 1.807) is 5.51 Å². The second kappa shape index (κ2) is 8.60. The van der Waals surface area contributed by atoms with Crippen LogP contribution in [0.4, 0.5) is 5.69 Å². The molecule has 0 spiro atoms. The normalized spacial score (nSPS) is 18.6. The average Bonchev–Trinajstić information content (AvgIpc) is 3.46. The molecule has 0 amide bonds. The monoisotopic (exact) mass is 464 g/mol. The Labute approximate surface area is 180 Å². The largest absolute Gasteiger partial charge is 0.426 e. The van der Waals surface area contributed by atoms with Gasteiger partial charge in [-0.3, -0.25) is 20.3 Å². The molecule has 1 aliphatic rings. The highest BCUT2D eigenvalue weighted by Gasteiger charge is 2.43. The van der Waals surface area contributed by atoms with E-state index >= 15 is 0 Å². The van der Waals surface area contributed by atoms with Crippen LogP contribution < -0.4 is 5.32 Å². The summed E-state index contributed by atoms with van der Waals surface area (Å²) in [5.74, 6) is 0.283. The van der Waals surface area contributed by atoms with E-state index in [4.69, 9.17) is 9.25 Å². The number of fused-ring (bicyclic) bond motifs is 1. The van der Waals surface area contributed by atoms with Crippen LogP contribution in [0.15, 0.2) is 58.1 Å². The van der Waals surface area contributed by atoms with E-state index in [0.717, 1.165) is 10.5 Å². The summed E-state index contributed by atoms with van der Waals surface area (Å²) in [6, 6.07) is 3.74. The molecule has 0 saturated carbocycles. The molecule has 1 aliphatic heterocycles. The van der Waals surface area contributed by atoms with Crippen LogP contribution in [0.5, 0.6) is 0 Å². The van der Waals surface area contributed by atoms with Gasteiger partial charge < -0.3 is 4.42 Å². The maximum Gasteiger partial charge on any atom is 0.289 e. The van der Waals surface area contributed by atoms with Gasteiger partial charge in [0.15, 0.2) is 4.90 Å². The van der Waals surface area contributed by atoms with Gasteiger partial charge in [-0.1, -0.05) is 22.7 Å². The summed E-state index contributed by atoms with van der Waals surface area (Å²) in [5, 5.41) is 22.1. The zero-order valence-electron chi connectivity index (χ0n) is 15.8. The lowest BCUT2D eigenvalue weighted by Crippen LogP contribution is -2.44. The summed E-state index contributed by atoms with van der Waals surface area (Å²) < 4.78 is 33.0. The molecule has 0 saturated heterocycles. The standard InChI is InChI=1S/C17H16N6O6S2/c1-2-7-29-23(31(26,27)13-6-4-3-5-11(13)22(24)25)12-8-18-15(17-21-20-9-28-17)14-16(12)30-10-19-14/h2-6,9-10,12,15,18H,1,7-8H2. The fraction of sp³-hybridized carbons (Fsp3) is 0.235. The van der Waals surface area contributed by atoms with Crippen LogP contribution in [0.3, 0.4) is 0 Å². The fourth-order valence-corrected chi connectivity index (χ4v) is 5.75. The van der Waals surface area contributed by atoms with Crippen LogP contribution in [-0.4, -0.2) is 46.1 Å². The van der Waals surface area contributed by atoms with Crippen molar-refractivity contribution in [2.75, 3.05) is 13.2 Å². The molecule has 31 heavy (non-hydrogen) atoms. The number of para-hydroxylation sites is 1. The van der Waals surface area contributed by atoms with Crippen molar-refractivity contribution in [1.82, 2.24) is 25.0 Å². The molecule has 0 fully saturated rings. The van der Waals surface area contributed by atoms with Gasteiger partial charge in [-0.15, -0.1) is 28.1 Å². The van der Waals surface area contributed by atoms with E-state index in [-0.39, 0.29) is 19.0 Å². The molecule has 12 nitrogen and oxygen atoms in total. The Morgan fingerprint density at radius 2 is 2.26 bits per heavy atom. The Balaban J connectivity index is 1.78. The number of hydroxylamine groups is 1. The van der Waals surface area contributed by atoms with Crippen molar-refractivity contribution in [3.05, 3.63) is 75.4 Å². The zero-order chi connectivity index (χ0) is 22.0. The van der Waals surface area contributed by atoms with Gasteiger partial charge in [0, 0.05) is 12.6 Å². The quantitative estimate of drug-likeness (QED) is 0.297. The average molecular weight is 464 g/mol. The maximum atomic E-state index is 13.5. The third-order valence-corrected chi connectivity index (χ3v) is 7.17. The molecule has 4 rings (SSSR count). The third kappa shape index (κ3) is 3.86. The highest BCUT2D eigenvalue weighted by molar-refractivity contribution is 7.89. The lowest BCUT2D eigenvalue weighted by Gasteiger charge is -2.33. The number of sulfonamides is 1. The van der Waals surface area contributed by atoms with E-state index in [1.165, 1.54) is 42.0 Å². The summed E-state index contributed by atoms with van der Waals surface area (Å²) in [6.07, 6.45) is 2.57. The molecule has 0 aliphatic carbocycles. The van der Waals surface area contributed by atoms with E-state index < -0.39 is 37.6 Å². The summed E-state index contributed by atoms with van der Waals surface area (Å²) in [5.41, 5.74) is 1.53. The minimum Gasteiger partial charge on any atom is -0.426 e. The van der Waals surface area contributed by atoms with Crippen molar-refractivity contribution in [1.29, 1.82) is 0 Å². The lowest BCUT2D eigenvalue weighted by atomic mass is 10.0. The summed E-state index contributed by atoms with van der Waals surface area (Å²) in [4.78, 5) is 20.7. The lowest BCUT2D eigenvalue weighted by molar-refractivity contribution is -0.388. The van der Waals surface area contributed by atoms with Gasteiger partial charge in [0.1, 0.15) is 12.1 Å². The number of hydrogen-bond acceptors (Lipinski definition) is 11. The van der Waals surface area contributed by atoms with Crippen LogP contribution in [-0.2, 0) is 14.9 Å². The number of nitrogens with one attached hydrogen (secondary N) is 1. The van der Waals surface area contributed by atoms with E-state index in [0.29, 0.717) is 10.6 Å².